The maximum atomic E-state index is 12.5. The van der Waals surface area contributed by atoms with Crippen LogP contribution in [0.2, 0.25) is 0 Å². The van der Waals surface area contributed by atoms with Gasteiger partial charge >= 0.3 is 5.97 Å². The number of anilines is 2. The summed E-state index contributed by atoms with van der Waals surface area (Å²) in [5.41, 5.74) is 5.96. The number of rotatable bonds is 7. The van der Waals surface area contributed by atoms with E-state index in [9.17, 15) is 14.7 Å². The third-order valence-corrected chi connectivity index (χ3v) is 5.81. The van der Waals surface area contributed by atoms with Crippen LogP contribution in [-0.4, -0.2) is 21.8 Å². The number of carboxylic acid groups (broad SMARTS) is 1. The molecule has 2 N–H and O–H groups in total. The number of Topliss-reactive ketones (excluding diaryl/α,β-unsaturated/α-hetero) is 1. The van der Waals surface area contributed by atoms with Gasteiger partial charge in [-0.2, -0.15) is 4.98 Å². The number of carboxylic acids is 1. The topological polar surface area (TPSA) is 92.4 Å². The third kappa shape index (κ3) is 4.65. The number of aromatic nitrogens is 1. The number of fused-ring (bicyclic) bond motifs is 1. The van der Waals surface area contributed by atoms with E-state index in [0.29, 0.717) is 11.6 Å². The number of oxazole rings is 1. The van der Waals surface area contributed by atoms with Crippen molar-refractivity contribution < 1.29 is 19.1 Å². The van der Waals surface area contributed by atoms with Crippen molar-refractivity contribution in [3.8, 4) is 11.1 Å². The fraction of sp³-hybridized carbons (Fsp3) is 0.222. The minimum absolute atomic E-state index is 0.0451. The van der Waals surface area contributed by atoms with E-state index >= 15 is 0 Å². The second-order valence-electron chi connectivity index (χ2n) is 8.96. The highest BCUT2D eigenvalue weighted by Gasteiger charge is 2.30. The molecule has 1 heterocycles. The first-order valence-electron chi connectivity index (χ1n) is 10.7. The lowest BCUT2D eigenvalue weighted by Gasteiger charge is -2.17. The summed E-state index contributed by atoms with van der Waals surface area (Å²) in [5, 5.41) is 12.5. The van der Waals surface area contributed by atoms with Crippen LogP contribution in [0, 0.1) is 19.3 Å². The van der Waals surface area contributed by atoms with Crippen molar-refractivity contribution in [1.29, 1.82) is 0 Å². The smallest absolute Gasteiger partial charge is 0.309 e. The Morgan fingerprint density at radius 3 is 2.30 bits per heavy atom. The molecule has 0 bridgehead atoms. The van der Waals surface area contributed by atoms with Crippen molar-refractivity contribution in [2.24, 2.45) is 5.41 Å². The molecule has 168 valence electrons. The number of carbonyl (C=O) groups is 2. The van der Waals surface area contributed by atoms with E-state index < -0.39 is 11.4 Å². The van der Waals surface area contributed by atoms with Crippen molar-refractivity contribution in [2.75, 3.05) is 5.32 Å². The summed E-state index contributed by atoms with van der Waals surface area (Å²) < 4.78 is 5.82. The maximum Gasteiger partial charge on any atom is 0.309 e. The molecule has 6 heteroatoms. The number of nitrogens with one attached hydrogen (secondary N) is 1. The van der Waals surface area contributed by atoms with Gasteiger partial charge in [-0.3, -0.25) is 9.59 Å². The Morgan fingerprint density at radius 1 is 0.970 bits per heavy atom. The lowest BCUT2D eigenvalue weighted by atomic mass is 9.85. The average Bonchev–Trinajstić information content (AvgIpc) is 3.19. The summed E-state index contributed by atoms with van der Waals surface area (Å²) in [6, 6.07) is 19.6. The normalized spacial score (nSPS) is 11.5. The Hall–Kier alpha value is -3.93. The van der Waals surface area contributed by atoms with Crippen molar-refractivity contribution in [1.82, 2.24) is 4.98 Å². The van der Waals surface area contributed by atoms with Gasteiger partial charge in [0.15, 0.2) is 11.4 Å². The Kier molecular flexibility index (Phi) is 5.77. The highest BCUT2D eigenvalue weighted by Crippen LogP contribution is 2.30. The predicted molar refractivity (Wildman–Crippen MR) is 129 cm³/mol. The van der Waals surface area contributed by atoms with Crippen LogP contribution < -0.4 is 5.32 Å². The molecule has 0 saturated heterocycles. The quantitative estimate of drug-likeness (QED) is 0.316. The highest BCUT2D eigenvalue weighted by molar-refractivity contribution is 5.99. The summed E-state index contributed by atoms with van der Waals surface area (Å²) in [5.74, 6) is -1.16. The van der Waals surface area contributed by atoms with E-state index in [1.165, 1.54) is 0 Å². The van der Waals surface area contributed by atoms with E-state index in [1.807, 2.05) is 56.3 Å². The molecule has 0 radical (unpaired) electrons. The number of aliphatic carboxylic acids is 1. The third-order valence-electron chi connectivity index (χ3n) is 5.81. The van der Waals surface area contributed by atoms with Crippen LogP contribution in [0.3, 0.4) is 0 Å². The van der Waals surface area contributed by atoms with Crippen LogP contribution in [0.5, 0.6) is 0 Å². The van der Waals surface area contributed by atoms with Crippen LogP contribution in [0.25, 0.3) is 22.2 Å². The molecule has 33 heavy (non-hydrogen) atoms. The Morgan fingerprint density at radius 2 is 1.67 bits per heavy atom. The molecule has 0 spiro atoms. The van der Waals surface area contributed by atoms with Crippen LogP contribution in [0.4, 0.5) is 11.7 Å². The first-order valence-corrected chi connectivity index (χ1v) is 10.7. The molecule has 6 nitrogen and oxygen atoms in total. The van der Waals surface area contributed by atoms with Gasteiger partial charge in [-0.1, -0.05) is 42.5 Å². The lowest BCUT2D eigenvalue weighted by molar-refractivity contribution is -0.146. The number of hydrogen-bond acceptors (Lipinski definition) is 5. The fourth-order valence-corrected chi connectivity index (χ4v) is 3.67. The second kappa shape index (κ2) is 8.54. The molecule has 0 aliphatic carbocycles. The molecule has 0 fully saturated rings. The largest absolute Gasteiger partial charge is 0.481 e. The molecule has 0 unspecified atom stereocenters. The van der Waals surface area contributed by atoms with E-state index in [-0.39, 0.29) is 12.2 Å². The zero-order valence-corrected chi connectivity index (χ0v) is 19.1. The van der Waals surface area contributed by atoms with Crippen LogP contribution in [-0.2, 0) is 4.79 Å². The van der Waals surface area contributed by atoms with Crippen molar-refractivity contribution in [3.05, 3.63) is 77.4 Å². The van der Waals surface area contributed by atoms with Gasteiger partial charge in [-0.15, -0.1) is 0 Å². The van der Waals surface area contributed by atoms with Crippen molar-refractivity contribution in [3.63, 3.8) is 0 Å². The molecule has 0 aliphatic rings. The lowest BCUT2D eigenvalue weighted by Crippen LogP contribution is -2.26. The van der Waals surface area contributed by atoms with Gasteiger partial charge in [0.05, 0.1) is 5.41 Å². The number of para-hydroxylation sites is 1. The molecular weight excluding hydrogens is 416 g/mol. The van der Waals surface area contributed by atoms with Gasteiger partial charge in [0.2, 0.25) is 0 Å². The molecule has 4 aromatic rings. The molecule has 0 atom stereocenters. The van der Waals surface area contributed by atoms with Crippen molar-refractivity contribution >= 4 is 34.6 Å². The average molecular weight is 443 g/mol. The predicted octanol–water partition coefficient (Wildman–Crippen LogP) is 6.54. The van der Waals surface area contributed by atoms with Gasteiger partial charge in [0.25, 0.3) is 6.01 Å². The zero-order valence-electron chi connectivity index (χ0n) is 19.1. The van der Waals surface area contributed by atoms with E-state index in [0.717, 1.165) is 39.0 Å². The first kappa shape index (κ1) is 22.3. The number of nitrogens with zero attached hydrogens (tertiary/aromatic N) is 1. The minimum Gasteiger partial charge on any atom is -0.481 e. The zero-order chi connectivity index (χ0) is 23.8. The van der Waals surface area contributed by atoms with Gasteiger partial charge in [-0.05, 0) is 68.1 Å². The summed E-state index contributed by atoms with van der Waals surface area (Å²) in [6.07, 6.45) is -0.0451. The molecule has 0 aliphatic heterocycles. The number of aryl methyl sites for hydroxylation is 2. The molecule has 0 amide bonds. The van der Waals surface area contributed by atoms with E-state index in [4.69, 9.17) is 4.42 Å². The van der Waals surface area contributed by atoms with E-state index in [2.05, 4.69) is 16.4 Å². The molecule has 3 aromatic carbocycles. The number of hydrogen-bond donors (Lipinski definition) is 2. The standard InChI is InChI=1S/C27H26N2O4/c1-16-6-5-7-23-24(16)29-26(33-23)28-21-13-12-20(14-17(21)2)18-8-10-19(11-9-18)22(30)15-27(3,4)25(31)32/h5-14H,15H2,1-4H3,(H,28,29)(H,31,32). The van der Waals surface area contributed by atoms with Gasteiger partial charge < -0.3 is 14.8 Å². The number of ketones is 1. The fourth-order valence-electron chi connectivity index (χ4n) is 3.67. The van der Waals surface area contributed by atoms with Crippen LogP contribution in [0.15, 0.2) is 65.1 Å². The summed E-state index contributed by atoms with van der Waals surface area (Å²) in [7, 11) is 0. The monoisotopic (exact) mass is 442 g/mol. The molecular formula is C27H26N2O4. The van der Waals surface area contributed by atoms with Crippen molar-refractivity contribution in [2.45, 2.75) is 34.1 Å². The Bertz CT molecular complexity index is 1350. The number of benzene rings is 3. The SMILES string of the molecule is Cc1cc(-c2ccc(C(=O)CC(C)(C)C(=O)O)cc2)ccc1Nc1nc2c(C)cccc2o1. The molecule has 0 saturated carbocycles. The highest BCUT2D eigenvalue weighted by atomic mass is 16.4. The van der Waals surface area contributed by atoms with Gasteiger partial charge in [-0.25, -0.2) is 0 Å². The maximum absolute atomic E-state index is 12.5. The summed E-state index contributed by atoms with van der Waals surface area (Å²) in [4.78, 5) is 28.3. The second-order valence-corrected chi connectivity index (χ2v) is 8.96. The number of carbonyl (C=O) groups excluding carboxylic acids is 1. The molecule has 4 rings (SSSR count). The molecule has 1 aromatic heterocycles. The Balaban J connectivity index is 1.51. The summed E-state index contributed by atoms with van der Waals surface area (Å²) in [6.45, 7) is 7.12. The summed E-state index contributed by atoms with van der Waals surface area (Å²) >= 11 is 0. The first-order chi connectivity index (χ1) is 15.6. The van der Waals surface area contributed by atoms with E-state index in [1.54, 1.807) is 26.0 Å². The van der Waals surface area contributed by atoms with Crippen LogP contribution >= 0.6 is 0 Å². The van der Waals surface area contributed by atoms with Crippen LogP contribution in [0.1, 0.15) is 41.8 Å². The van der Waals surface area contributed by atoms with Gasteiger partial charge in [0, 0.05) is 17.7 Å². The minimum atomic E-state index is -1.09. The Labute approximate surface area is 192 Å². The van der Waals surface area contributed by atoms with Gasteiger partial charge in [0.1, 0.15) is 5.52 Å².